The molecule has 0 atom stereocenters. The Morgan fingerprint density at radius 1 is 0.848 bits per heavy atom. The molecule has 3 aromatic heterocycles. The van der Waals surface area contributed by atoms with Crippen LogP contribution in [0.5, 0.6) is 0 Å². The van der Waals surface area contributed by atoms with Gasteiger partial charge >= 0.3 is 0 Å². The summed E-state index contributed by atoms with van der Waals surface area (Å²) in [6.45, 7) is 14.5. The number of pyridine rings is 2. The summed E-state index contributed by atoms with van der Waals surface area (Å²) in [5, 5.41) is 10.0. The van der Waals surface area contributed by atoms with E-state index in [9.17, 15) is 4.79 Å². The van der Waals surface area contributed by atoms with E-state index in [1.165, 1.54) is 5.04 Å². The second kappa shape index (κ2) is 18.3. The summed E-state index contributed by atoms with van der Waals surface area (Å²) in [5.41, 5.74) is 7.33. The van der Waals surface area contributed by atoms with Crippen molar-refractivity contribution in [3.8, 4) is 17.1 Å². The van der Waals surface area contributed by atoms with Crippen LogP contribution < -0.4 is 11.3 Å². The molecule has 9 nitrogen and oxygen atoms in total. The molecule has 0 unspecified atom stereocenters. The Morgan fingerprint density at radius 3 is 2.00 bits per heavy atom. The van der Waals surface area contributed by atoms with E-state index in [1.807, 2.05) is 84.8 Å². The molecular weight excluding hydrogens is 593 g/mol. The second-order valence-corrected chi connectivity index (χ2v) is 12.1. The summed E-state index contributed by atoms with van der Waals surface area (Å²) in [6, 6.07) is 27.7. The SMILES string of the molecule is CCSC(=Nc1ccccc1)C(C)C.Cc1ncccc1-c1nnc(C(C)C)n1-c1ccccc1.Cc1ncccc1C(=O)NN. The molecule has 5 aromatic rings. The van der Waals surface area contributed by atoms with Gasteiger partial charge in [0.05, 0.1) is 22.0 Å². The predicted octanol–water partition coefficient (Wildman–Crippen LogP) is 7.88. The molecule has 0 aliphatic rings. The molecule has 5 rings (SSSR count). The smallest absolute Gasteiger partial charge is 0.267 e. The number of hydrazine groups is 1. The van der Waals surface area contributed by atoms with Gasteiger partial charge < -0.3 is 0 Å². The molecule has 0 bridgehead atoms. The van der Waals surface area contributed by atoms with Crippen LogP contribution in [0.25, 0.3) is 17.1 Å². The number of carbonyl (C=O) groups is 1. The Kier molecular flexibility index (Phi) is 14.3. The Bertz CT molecular complexity index is 1690. The first-order valence-electron chi connectivity index (χ1n) is 15.3. The number of hydrogen-bond acceptors (Lipinski definition) is 8. The molecule has 0 spiro atoms. The largest absolute Gasteiger partial charge is 0.290 e. The van der Waals surface area contributed by atoms with Gasteiger partial charge in [0, 0.05) is 41.2 Å². The number of hydrogen-bond donors (Lipinski definition) is 2. The molecule has 46 heavy (non-hydrogen) atoms. The molecule has 2 aromatic carbocycles. The Morgan fingerprint density at radius 2 is 1.46 bits per heavy atom. The van der Waals surface area contributed by atoms with Gasteiger partial charge in [-0.15, -0.1) is 22.0 Å². The number of nitrogen functional groups attached to an aromatic ring is 1. The number of aryl methyl sites for hydroxylation is 2. The number of nitrogens with one attached hydrogen (secondary N) is 1. The van der Waals surface area contributed by atoms with Crippen LogP contribution in [0.2, 0.25) is 0 Å². The van der Waals surface area contributed by atoms with Crippen LogP contribution in [0.15, 0.2) is 102 Å². The maximum atomic E-state index is 11.0. The average molecular weight is 637 g/mol. The number of carbonyl (C=O) groups excluding carboxylic acids is 1. The van der Waals surface area contributed by atoms with Crippen molar-refractivity contribution in [3.63, 3.8) is 0 Å². The monoisotopic (exact) mass is 636 g/mol. The summed E-state index contributed by atoms with van der Waals surface area (Å²) in [7, 11) is 0. The number of nitrogens with zero attached hydrogens (tertiary/aromatic N) is 6. The highest BCUT2D eigenvalue weighted by Crippen LogP contribution is 2.27. The third-order valence-corrected chi connectivity index (χ3v) is 7.78. The van der Waals surface area contributed by atoms with Crippen molar-refractivity contribution in [2.45, 2.75) is 54.4 Å². The van der Waals surface area contributed by atoms with Crippen molar-refractivity contribution < 1.29 is 4.79 Å². The number of nitrogens with two attached hydrogens (primary N) is 1. The molecule has 0 aliphatic carbocycles. The molecule has 0 saturated heterocycles. The van der Waals surface area contributed by atoms with Crippen LogP contribution in [0.4, 0.5) is 5.69 Å². The zero-order valence-corrected chi connectivity index (χ0v) is 28.5. The van der Waals surface area contributed by atoms with Crippen LogP contribution in [0.1, 0.15) is 68.1 Å². The van der Waals surface area contributed by atoms with Crippen molar-refractivity contribution in [1.82, 2.24) is 30.2 Å². The highest BCUT2D eigenvalue weighted by molar-refractivity contribution is 8.13. The first kappa shape index (κ1) is 35.8. The van der Waals surface area contributed by atoms with E-state index >= 15 is 0 Å². The second-order valence-electron chi connectivity index (χ2n) is 10.8. The van der Waals surface area contributed by atoms with Crippen molar-refractivity contribution in [2.75, 3.05) is 5.75 Å². The van der Waals surface area contributed by atoms with Crippen LogP contribution in [0.3, 0.4) is 0 Å². The summed E-state index contributed by atoms with van der Waals surface area (Å²) in [4.78, 5) is 23.9. The van der Waals surface area contributed by atoms with Crippen LogP contribution in [0, 0.1) is 19.8 Å². The topological polar surface area (TPSA) is 124 Å². The molecule has 1 amide bonds. The average Bonchev–Trinajstić information content (AvgIpc) is 3.52. The van der Waals surface area contributed by atoms with E-state index in [0.29, 0.717) is 23.1 Å². The molecule has 240 valence electrons. The maximum Gasteiger partial charge on any atom is 0.267 e. The van der Waals surface area contributed by atoms with Gasteiger partial charge in [0.25, 0.3) is 5.91 Å². The lowest BCUT2D eigenvalue weighted by atomic mass is 10.1. The Hall–Kier alpha value is -4.67. The summed E-state index contributed by atoms with van der Waals surface area (Å²) in [5.74, 6) is 8.33. The predicted molar refractivity (Wildman–Crippen MR) is 191 cm³/mol. The summed E-state index contributed by atoms with van der Waals surface area (Å²) < 4.78 is 2.12. The number of aromatic nitrogens is 5. The lowest BCUT2D eigenvalue weighted by Gasteiger charge is -2.13. The minimum absolute atomic E-state index is 0.295. The van der Waals surface area contributed by atoms with E-state index < -0.39 is 0 Å². The number of para-hydroxylation sites is 2. The molecule has 10 heteroatoms. The summed E-state index contributed by atoms with van der Waals surface area (Å²) in [6.07, 6.45) is 3.42. The number of benzene rings is 2. The van der Waals surface area contributed by atoms with Gasteiger partial charge in [-0.2, -0.15) is 0 Å². The Labute approximate surface area is 276 Å². The van der Waals surface area contributed by atoms with Gasteiger partial charge in [-0.3, -0.25) is 24.8 Å². The van der Waals surface area contributed by atoms with E-state index in [4.69, 9.17) is 5.84 Å². The van der Waals surface area contributed by atoms with E-state index in [-0.39, 0.29) is 5.91 Å². The minimum Gasteiger partial charge on any atom is -0.290 e. The zero-order chi connectivity index (χ0) is 33.5. The van der Waals surface area contributed by atoms with Crippen LogP contribution >= 0.6 is 11.8 Å². The third-order valence-electron chi connectivity index (χ3n) is 6.63. The highest BCUT2D eigenvalue weighted by atomic mass is 32.2. The quantitative estimate of drug-likeness (QED) is 0.0612. The number of aliphatic imine (C=N–C) groups is 1. The normalized spacial score (nSPS) is 11.0. The van der Waals surface area contributed by atoms with Crippen molar-refractivity contribution in [1.29, 1.82) is 0 Å². The van der Waals surface area contributed by atoms with Gasteiger partial charge in [-0.1, -0.05) is 71.0 Å². The highest BCUT2D eigenvalue weighted by Gasteiger charge is 2.19. The molecule has 0 fully saturated rings. The number of thioether (sulfide) groups is 1. The first-order chi connectivity index (χ1) is 22.2. The fourth-order valence-corrected chi connectivity index (χ4v) is 5.10. The summed E-state index contributed by atoms with van der Waals surface area (Å²) >= 11 is 1.83. The van der Waals surface area contributed by atoms with Crippen molar-refractivity contribution >= 4 is 28.4 Å². The van der Waals surface area contributed by atoms with Gasteiger partial charge in [-0.25, -0.2) is 10.8 Å². The fourth-order valence-electron chi connectivity index (χ4n) is 4.30. The van der Waals surface area contributed by atoms with Crippen molar-refractivity contribution in [2.24, 2.45) is 16.8 Å². The molecule has 3 N–H and O–H groups in total. The van der Waals surface area contributed by atoms with Gasteiger partial charge in [0.2, 0.25) is 0 Å². The van der Waals surface area contributed by atoms with Gasteiger partial charge in [-0.05, 0) is 68.1 Å². The molecule has 0 saturated carbocycles. The van der Waals surface area contributed by atoms with E-state index in [1.54, 1.807) is 31.5 Å². The molecular formula is C36H44N8OS. The van der Waals surface area contributed by atoms with Crippen LogP contribution in [-0.4, -0.2) is 41.4 Å². The molecule has 3 heterocycles. The zero-order valence-electron chi connectivity index (χ0n) is 27.7. The molecule has 0 radical (unpaired) electrons. The fraction of sp³-hybridized carbons (Fsp3) is 0.278. The van der Waals surface area contributed by atoms with Gasteiger partial charge in [0.1, 0.15) is 5.82 Å². The molecule has 0 aliphatic heterocycles. The number of amides is 1. The first-order valence-corrected chi connectivity index (χ1v) is 16.3. The lowest BCUT2D eigenvalue weighted by Crippen LogP contribution is -2.30. The van der Waals surface area contributed by atoms with E-state index in [2.05, 4.69) is 76.5 Å². The third kappa shape index (κ3) is 10.2. The van der Waals surface area contributed by atoms with E-state index in [0.717, 1.165) is 40.0 Å². The van der Waals surface area contributed by atoms with Gasteiger partial charge in [0.15, 0.2) is 5.82 Å². The lowest BCUT2D eigenvalue weighted by molar-refractivity contribution is 0.0952. The Balaban J connectivity index is 0.000000201. The standard InChI is InChI=1S/C17H18N4.C12H17NS.C7H9N3O/c1-12(2)16-19-20-17(15-10-7-11-18-13(15)3)21(16)14-8-5-4-6-9-14;1-4-14-12(10(2)3)13-11-8-6-5-7-9-11;1-5-6(7(11)10-8)3-2-4-9-5/h4-12H,1-3H3;5-10H,4H2,1-3H3;2-4H,8H2,1H3,(H,10,11). The van der Waals surface area contributed by atoms with Crippen molar-refractivity contribution in [3.05, 3.63) is 120 Å². The number of rotatable bonds is 7. The minimum atomic E-state index is -0.310. The van der Waals surface area contributed by atoms with Crippen LogP contribution in [-0.2, 0) is 0 Å². The maximum absolute atomic E-state index is 11.0.